The molecule has 0 spiro atoms. The van der Waals surface area contributed by atoms with Crippen molar-refractivity contribution in [2.75, 3.05) is 11.9 Å². The molecule has 0 saturated heterocycles. The van der Waals surface area contributed by atoms with Crippen molar-refractivity contribution in [3.63, 3.8) is 0 Å². The van der Waals surface area contributed by atoms with Crippen LogP contribution in [0.2, 0.25) is 0 Å². The van der Waals surface area contributed by atoms with E-state index in [1.807, 2.05) is 25.1 Å². The average Bonchev–Trinajstić information content (AvgIpc) is 2.83. The van der Waals surface area contributed by atoms with E-state index in [2.05, 4.69) is 27.4 Å². The first-order valence-electron chi connectivity index (χ1n) is 6.31. The molecule has 0 radical (unpaired) electrons. The number of anilines is 1. The summed E-state index contributed by atoms with van der Waals surface area (Å²) in [5.74, 6) is 1.63. The molecule has 0 bridgehead atoms. The maximum Gasteiger partial charge on any atom is 0.222 e. The topological polar surface area (TPSA) is 51.0 Å². The second kappa shape index (κ2) is 5.10. The number of para-hydroxylation sites is 1. The summed E-state index contributed by atoms with van der Waals surface area (Å²) in [5.41, 5.74) is 1.99. The van der Waals surface area contributed by atoms with Gasteiger partial charge < -0.3 is 9.73 Å². The number of benzene rings is 1. The van der Waals surface area contributed by atoms with E-state index in [0.29, 0.717) is 5.95 Å². The summed E-state index contributed by atoms with van der Waals surface area (Å²) in [6, 6.07) is 10.1. The van der Waals surface area contributed by atoms with Gasteiger partial charge in [-0.3, -0.25) is 0 Å². The second-order valence-electron chi connectivity index (χ2n) is 4.51. The number of fused-ring (bicyclic) bond motifs is 1. The molecule has 0 aliphatic heterocycles. The number of furan rings is 1. The van der Waals surface area contributed by atoms with Crippen molar-refractivity contribution < 1.29 is 4.42 Å². The van der Waals surface area contributed by atoms with Crippen LogP contribution in [0.4, 0.5) is 5.95 Å². The number of nitrogens with one attached hydrogen (secondary N) is 1. The summed E-state index contributed by atoms with van der Waals surface area (Å²) in [6.45, 7) is 2.72. The number of hydrogen-bond donors (Lipinski definition) is 1. The third kappa shape index (κ3) is 2.73. The first-order valence-corrected chi connectivity index (χ1v) is 6.31. The predicted molar refractivity (Wildman–Crippen MR) is 75.2 cm³/mol. The highest BCUT2D eigenvalue weighted by Crippen LogP contribution is 2.18. The van der Waals surface area contributed by atoms with E-state index < -0.39 is 0 Å². The highest BCUT2D eigenvalue weighted by atomic mass is 16.3. The van der Waals surface area contributed by atoms with Crippen molar-refractivity contribution >= 4 is 16.9 Å². The summed E-state index contributed by atoms with van der Waals surface area (Å²) in [4.78, 5) is 8.40. The first-order chi connectivity index (χ1) is 9.31. The van der Waals surface area contributed by atoms with E-state index in [0.717, 1.165) is 35.3 Å². The molecule has 2 heterocycles. The third-order valence-electron chi connectivity index (χ3n) is 2.91. The summed E-state index contributed by atoms with van der Waals surface area (Å²) < 4.78 is 5.74. The Kier molecular flexibility index (Phi) is 3.14. The highest BCUT2D eigenvalue weighted by molar-refractivity contribution is 5.77. The van der Waals surface area contributed by atoms with E-state index in [-0.39, 0.29) is 0 Å². The Labute approximate surface area is 111 Å². The van der Waals surface area contributed by atoms with Gasteiger partial charge in [-0.25, -0.2) is 9.97 Å². The molecule has 0 saturated carbocycles. The second-order valence-corrected chi connectivity index (χ2v) is 4.51. The third-order valence-corrected chi connectivity index (χ3v) is 2.91. The zero-order valence-corrected chi connectivity index (χ0v) is 10.8. The maximum absolute atomic E-state index is 5.74. The number of rotatable bonds is 4. The molecular formula is C15H15N3O. The molecule has 0 unspecified atom stereocenters. The normalized spacial score (nSPS) is 10.8. The lowest BCUT2D eigenvalue weighted by Crippen LogP contribution is -2.07. The van der Waals surface area contributed by atoms with Gasteiger partial charge in [0.2, 0.25) is 5.95 Å². The Morgan fingerprint density at radius 1 is 1.16 bits per heavy atom. The fourth-order valence-corrected chi connectivity index (χ4v) is 1.94. The summed E-state index contributed by atoms with van der Waals surface area (Å²) >= 11 is 0. The lowest BCUT2D eigenvalue weighted by molar-refractivity contribution is 0.552. The van der Waals surface area contributed by atoms with Crippen LogP contribution in [0.15, 0.2) is 47.1 Å². The van der Waals surface area contributed by atoms with E-state index in [1.165, 1.54) is 0 Å². The molecule has 0 aliphatic rings. The molecule has 0 amide bonds. The average molecular weight is 253 g/mol. The lowest BCUT2D eigenvalue weighted by Gasteiger charge is -2.02. The maximum atomic E-state index is 5.74. The van der Waals surface area contributed by atoms with Crippen molar-refractivity contribution in [3.05, 3.63) is 54.0 Å². The zero-order chi connectivity index (χ0) is 13.1. The van der Waals surface area contributed by atoms with Crippen LogP contribution in [0.5, 0.6) is 0 Å². The predicted octanol–water partition coefficient (Wildman–Crippen LogP) is 3.19. The van der Waals surface area contributed by atoms with Crippen LogP contribution in [-0.4, -0.2) is 16.5 Å². The van der Waals surface area contributed by atoms with Gasteiger partial charge in [-0.05, 0) is 24.6 Å². The molecule has 1 N–H and O–H groups in total. The van der Waals surface area contributed by atoms with Crippen molar-refractivity contribution in [2.24, 2.45) is 0 Å². The van der Waals surface area contributed by atoms with Crippen molar-refractivity contribution in [3.8, 4) is 0 Å². The van der Waals surface area contributed by atoms with Gasteiger partial charge in [0.1, 0.15) is 11.3 Å². The minimum atomic E-state index is 0.654. The molecule has 0 atom stereocenters. The van der Waals surface area contributed by atoms with Crippen LogP contribution in [0.25, 0.3) is 11.0 Å². The molecule has 0 fully saturated rings. The Balaban J connectivity index is 1.61. The Hall–Kier alpha value is -2.36. The van der Waals surface area contributed by atoms with Crippen LogP contribution in [0.3, 0.4) is 0 Å². The van der Waals surface area contributed by atoms with Crippen LogP contribution in [0, 0.1) is 6.92 Å². The van der Waals surface area contributed by atoms with Gasteiger partial charge in [0.05, 0.1) is 0 Å². The number of hydrogen-bond acceptors (Lipinski definition) is 4. The lowest BCUT2D eigenvalue weighted by atomic mass is 10.2. The molecule has 19 heavy (non-hydrogen) atoms. The molecule has 0 aliphatic carbocycles. The molecule has 2 aromatic heterocycles. The van der Waals surface area contributed by atoms with E-state index in [4.69, 9.17) is 4.42 Å². The van der Waals surface area contributed by atoms with Gasteiger partial charge >= 0.3 is 0 Å². The molecule has 3 aromatic rings. The van der Waals surface area contributed by atoms with Gasteiger partial charge in [0.15, 0.2) is 0 Å². The molecule has 4 nitrogen and oxygen atoms in total. The first kappa shape index (κ1) is 11.7. The summed E-state index contributed by atoms with van der Waals surface area (Å²) in [5, 5.41) is 4.33. The molecule has 3 rings (SSSR count). The SMILES string of the molecule is Cc1cnc(NCCc2cc3ccccc3o2)nc1. The summed E-state index contributed by atoms with van der Waals surface area (Å²) in [7, 11) is 0. The Bertz CT molecular complexity index is 640. The molecule has 4 heteroatoms. The van der Waals surface area contributed by atoms with E-state index in [9.17, 15) is 0 Å². The number of nitrogens with zero attached hydrogens (tertiary/aromatic N) is 2. The van der Waals surface area contributed by atoms with Crippen LogP contribution in [-0.2, 0) is 6.42 Å². The van der Waals surface area contributed by atoms with Gasteiger partial charge in [0, 0.05) is 30.7 Å². The van der Waals surface area contributed by atoms with Crippen molar-refractivity contribution in [2.45, 2.75) is 13.3 Å². The molecule has 1 aromatic carbocycles. The van der Waals surface area contributed by atoms with E-state index in [1.54, 1.807) is 12.4 Å². The number of aryl methyl sites for hydroxylation is 1. The largest absolute Gasteiger partial charge is 0.461 e. The minimum Gasteiger partial charge on any atom is -0.461 e. The minimum absolute atomic E-state index is 0.654. The summed E-state index contributed by atoms with van der Waals surface area (Å²) in [6.07, 6.45) is 4.42. The highest BCUT2D eigenvalue weighted by Gasteiger charge is 2.03. The molecular weight excluding hydrogens is 238 g/mol. The van der Waals surface area contributed by atoms with Crippen molar-refractivity contribution in [1.82, 2.24) is 9.97 Å². The quantitative estimate of drug-likeness (QED) is 0.775. The zero-order valence-electron chi connectivity index (χ0n) is 10.8. The standard InChI is InChI=1S/C15H15N3O/c1-11-9-17-15(18-10-11)16-7-6-13-8-12-4-2-3-5-14(12)19-13/h2-5,8-10H,6-7H2,1H3,(H,16,17,18). The van der Waals surface area contributed by atoms with Gasteiger partial charge in [-0.15, -0.1) is 0 Å². The van der Waals surface area contributed by atoms with Crippen LogP contribution in [0.1, 0.15) is 11.3 Å². The van der Waals surface area contributed by atoms with Crippen LogP contribution >= 0.6 is 0 Å². The van der Waals surface area contributed by atoms with Gasteiger partial charge in [0.25, 0.3) is 0 Å². The monoisotopic (exact) mass is 253 g/mol. The van der Waals surface area contributed by atoms with E-state index >= 15 is 0 Å². The van der Waals surface area contributed by atoms with Crippen molar-refractivity contribution in [1.29, 1.82) is 0 Å². The fraction of sp³-hybridized carbons (Fsp3) is 0.200. The number of aromatic nitrogens is 2. The molecule has 96 valence electrons. The fourth-order valence-electron chi connectivity index (χ4n) is 1.94. The Morgan fingerprint density at radius 3 is 2.74 bits per heavy atom. The Morgan fingerprint density at radius 2 is 1.95 bits per heavy atom. The van der Waals surface area contributed by atoms with Gasteiger partial charge in [-0.1, -0.05) is 18.2 Å². The van der Waals surface area contributed by atoms with Gasteiger partial charge in [-0.2, -0.15) is 0 Å². The smallest absolute Gasteiger partial charge is 0.222 e. The van der Waals surface area contributed by atoms with Crippen LogP contribution < -0.4 is 5.32 Å².